The maximum Gasteiger partial charge on any atom is 0.337 e. The van der Waals surface area contributed by atoms with Crippen molar-refractivity contribution < 1.29 is 9.90 Å². The summed E-state index contributed by atoms with van der Waals surface area (Å²) in [6, 6.07) is 15.2. The summed E-state index contributed by atoms with van der Waals surface area (Å²) in [5.41, 5.74) is 8.65. The van der Waals surface area contributed by atoms with E-state index in [0.29, 0.717) is 12.2 Å². The number of anilines is 1. The van der Waals surface area contributed by atoms with Gasteiger partial charge in [0, 0.05) is 0 Å². The molecule has 0 bridgehead atoms. The highest BCUT2D eigenvalue weighted by Gasteiger charge is 2.17. The van der Waals surface area contributed by atoms with Gasteiger partial charge < -0.3 is 16.2 Å². The number of para-hydroxylation sites is 1. The third-order valence-corrected chi connectivity index (χ3v) is 3.48. The first-order valence-corrected chi connectivity index (χ1v) is 6.98. The third-order valence-electron chi connectivity index (χ3n) is 3.48. The highest BCUT2D eigenvalue weighted by molar-refractivity contribution is 5.95. The molecule has 4 heteroatoms. The fourth-order valence-electron chi connectivity index (χ4n) is 2.39. The largest absolute Gasteiger partial charge is 0.478 e. The molecule has 2 aromatic rings. The molecule has 0 saturated heterocycles. The van der Waals surface area contributed by atoms with E-state index in [-0.39, 0.29) is 11.6 Å². The fraction of sp³-hybridized carbons (Fsp3) is 0.235. The standard InChI is InChI=1S/C17H20N2O2/c1-12-6-5-9-14(17(20)21)16(12)19-15(10-11-18)13-7-3-2-4-8-13/h2-9,15,19H,10-11,18H2,1H3,(H,20,21). The summed E-state index contributed by atoms with van der Waals surface area (Å²) in [5.74, 6) is -0.930. The van der Waals surface area contributed by atoms with Gasteiger partial charge in [-0.15, -0.1) is 0 Å². The van der Waals surface area contributed by atoms with Crippen molar-refractivity contribution in [2.75, 3.05) is 11.9 Å². The van der Waals surface area contributed by atoms with Crippen LogP contribution < -0.4 is 11.1 Å². The molecule has 2 aromatic carbocycles. The van der Waals surface area contributed by atoms with Crippen LogP contribution in [0.15, 0.2) is 48.5 Å². The first-order valence-electron chi connectivity index (χ1n) is 6.98. The number of carboxylic acids is 1. The van der Waals surface area contributed by atoms with Crippen LogP contribution in [0.2, 0.25) is 0 Å². The minimum atomic E-state index is -0.930. The Labute approximate surface area is 124 Å². The predicted octanol–water partition coefficient (Wildman–Crippen LogP) is 3.20. The Morgan fingerprint density at radius 2 is 1.90 bits per heavy atom. The molecular formula is C17H20N2O2. The van der Waals surface area contributed by atoms with Gasteiger partial charge in [0.15, 0.2) is 0 Å². The van der Waals surface area contributed by atoms with Gasteiger partial charge in [0.05, 0.1) is 17.3 Å². The molecule has 2 rings (SSSR count). The highest BCUT2D eigenvalue weighted by atomic mass is 16.4. The molecule has 1 atom stereocenters. The topological polar surface area (TPSA) is 75.3 Å². The lowest BCUT2D eigenvalue weighted by Gasteiger charge is -2.22. The van der Waals surface area contributed by atoms with Crippen LogP contribution in [-0.4, -0.2) is 17.6 Å². The SMILES string of the molecule is Cc1cccc(C(=O)O)c1NC(CCN)c1ccccc1. The lowest BCUT2D eigenvalue weighted by molar-refractivity contribution is 0.0698. The maximum absolute atomic E-state index is 11.4. The van der Waals surface area contributed by atoms with E-state index in [2.05, 4.69) is 5.32 Å². The van der Waals surface area contributed by atoms with E-state index in [9.17, 15) is 9.90 Å². The number of hydrogen-bond donors (Lipinski definition) is 3. The summed E-state index contributed by atoms with van der Waals surface area (Å²) < 4.78 is 0. The van der Waals surface area contributed by atoms with Crippen molar-refractivity contribution in [1.29, 1.82) is 0 Å². The molecule has 1 unspecified atom stereocenters. The van der Waals surface area contributed by atoms with E-state index >= 15 is 0 Å². The van der Waals surface area contributed by atoms with Crippen molar-refractivity contribution in [2.24, 2.45) is 5.73 Å². The van der Waals surface area contributed by atoms with Crippen LogP contribution in [0.4, 0.5) is 5.69 Å². The predicted molar refractivity (Wildman–Crippen MR) is 84.6 cm³/mol. The number of aryl methyl sites for hydroxylation is 1. The number of nitrogens with two attached hydrogens (primary N) is 1. The van der Waals surface area contributed by atoms with Gasteiger partial charge in [-0.25, -0.2) is 4.79 Å². The van der Waals surface area contributed by atoms with Gasteiger partial charge in [0.25, 0.3) is 0 Å². The second-order valence-corrected chi connectivity index (χ2v) is 4.99. The molecule has 0 spiro atoms. The second kappa shape index (κ2) is 6.90. The summed E-state index contributed by atoms with van der Waals surface area (Å²) >= 11 is 0. The number of hydrogen-bond acceptors (Lipinski definition) is 3. The van der Waals surface area contributed by atoms with E-state index in [1.165, 1.54) is 0 Å². The molecule has 0 saturated carbocycles. The smallest absolute Gasteiger partial charge is 0.337 e. The normalized spacial score (nSPS) is 11.9. The average Bonchev–Trinajstić information content (AvgIpc) is 2.49. The fourth-order valence-corrected chi connectivity index (χ4v) is 2.39. The van der Waals surface area contributed by atoms with Crippen molar-refractivity contribution >= 4 is 11.7 Å². The van der Waals surface area contributed by atoms with Crippen LogP contribution in [0.3, 0.4) is 0 Å². The molecule has 21 heavy (non-hydrogen) atoms. The van der Waals surface area contributed by atoms with Crippen LogP contribution >= 0.6 is 0 Å². The molecule has 0 radical (unpaired) electrons. The minimum Gasteiger partial charge on any atom is -0.478 e. The van der Waals surface area contributed by atoms with Crippen LogP contribution in [0.25, 0.3) is 0 Å². The molecule has 0 aliphatic heterocycles. The zero-order chi connectivity index (χ0) is 15.2. The number of carbonyl (C=O) groups is 1. The molecule has 4 nitrogen and oxygen atoms in total. The second-order valence-electron chi connectivity index (χ2n) is 4.99. The monoisotopic (exact) mass is 284 g/mol. The number of rotatable bonds is 6. The summed E-state index contributed by atoms with van der Waals surface area (Å²) in [7, 11) is 0. The van der Waals surface area contributed by atoms with E-state index in [1.54, 1.807) is 12.1 Å². The third kappa shape index (κ3) is 3.61. The number of carboxylic acid groups (broad SMARTS) is 1. The summed E-state index contributed by atoms with van der Waals surface area (Å²) in [5, 5.41) is 12.7. The quantitative estimate of drug-likeness (QED) is 0.761. The summed E-state index contributed by atoms with van der Waals surface area (Å²) in [6.45, 7) is 2.43. The summed E-state index contributed by atoms with van der Waals surface area (Å²) in [4.78, 5) is 11.4. The maximum atomic E-state index is 11.4. The van der Waals surface area contributed by atoms with Crippen LogP contribution in [0.1, 0.15) is 33.9 Å². The summed E-state index contributed by atoms with van der Waals surface area (Å²) in [6.07, 6.45) is 0.734. The zero-order valence-corrected chi connectivity index (χ0v) is 12.0. The molecule has 4 N–H and O–H groups in total. The Morgan fingerprint density at radius 3 is 2.52 bits per heavy atom. The molecule has 0 amide bonds. The van der Waals surface area contributed by atoms with Crippen LogP contribution in [0, 0.1) is 6.92 Å². The van der Waals surface area contributed by atoms with Crippen molar-refractivity contribution in [3.05, 3.63) is 65.2 Å². The van der Waals surface area contributed by atoms with E-state index < -0.39 is 5.97 Å². The highest BCUT2D eigenvalue weighted by Crippen LogP contribution is 2.27. The van der Waals surface area contributed by atoms with Crippen LogP contribution in [-0.2, 0) is 0 Å². The van der Waals surface area contributed by atoms with Gasteiger partial charge in [-0.3, -0.25) is 0 Å². The van der Waals surface area contributed by atoms with Crippen molar-refractivity contribution in [2.45, 2.75) is 19.4 Å². The average molecular weight is 284 g/mol. The van der Waals surface area contributed by atoms with Gasteiger partial charge in [-0.05, 0) is 37.1 Å². The Morgan fingerprint density at radius 1 is 1.19 bits per heavy atom. The van der Waals surface area contributed by atoms with Gasteiger partial charge in [-0.1, -0.05) is 42.5 Å². The Balaban J connectivity index is 2.36. The molecule has 0 heterocycles. The molecule has 0 fully saturated rings. The molecule has 110 valence electrons. The molecule has 0 aliphatic rings. The Hall–Kier alpha value is -2.33. The van der Waals surface area contributed by atoms with Crippen molar-refractivity contribution in [3.63, 3.8) is 0 Å². The molecular weight excluding hydrogens is 264 g/mol. The Kier molecular flexibility index (Phi) is 4.95. The number of aromatic carboxylic acids is 1. The van der Waals surface area contributed by atoms with Crippen molar-refractivity contribution in [3.8, 4) is 0 Å². The van der Waals surface area contributed by atoms with E-state index in [1.807, 2.05) is 43.3 Å². The lowest BCUT2D eigenvalue weighted by atomic mass is 10.0. The molecule has 0 aromatic heterocycles. The Bertz CT molecular complexity index is 611. The van der Waals surface area contributed by atoms with Gasteiger partial charge in [0.1, 0.15) is 0 Å². The lowest BCUT2D eigenvalue weighted by Crippen LogP contribution is -2.18. The molecule has 0 aliphatic carbocycles. The van der Waals surface area contributed by atoms with Gasteiger partial charge in [-0.2, -0.15) is 0 Å². The first kappa shape index (κ1) is 15.1. The number of benzene rings is 2. The number of nitrogens with one attached hydrogen (secondary N) is 1. The van der Waals surface area contributed by atoms with Crippen LogP contribution in [0.5, 0.6) is 0 Å². The van der Waals surface area contributed by atoms with Gasteiger partial charge in [0.2, 0.25) is 0 Å². The van der Waals surface area contributed by atoms with Crippen molar-refractivity contribution in [1.82, 2.24) is 0 Å². The van der Waals surface area contributed by atoms with E-state index in [0.717, 1.165) is 17.5 Å². The van der Waals surface area contributed by atoms with E-state index in [4.69, 9.17) is 5.73 Å². The first-order chi connectivity index (χ1) is 10.1. The van der Waals surface area contributed by atoms with Gasteiger partial charge >= 0.3 is 5.97 Å². The minimum absolute atomic E-state index is 0.00426. The zero-order valence-electron chi connectivity index (χ0n) is 12.0.